The van der Waals surface area contributed by atoms with Crippen molar-refractivity contribution < 1.29 is 9.53 Å². The van der Waals surface area contributed by atoms with Gasteiger partial charge in [-0.2, -0.15) is 0 Å². The molecule has 0 unspecified atom stereocenters. The molecule has 0 radical (unpaired) electrons. The number of hydrogen-bond donors (Lipinski definition) is 1. The highest BCUT2D eigenvalue weighted by molar-refractivity contribution is 5.99. The second-order valence-electron chi connectivity index (χ2n) is 2.92. The average Bonchev–Trinajstić information content (AvgIpc) is 2.18. The van der Waals surface area contributed by atoms with Crippen molar-refractivity contribution in [2.24, 2.45) is 0 Å². The summed E-state index contributed by atoms with van der Waals surface area (Å²) >= 11 is 0. The molecule has 0 aromatic carbocycles. The zero-order chi connectivity index (χ0) is 10.4. The quantitative estimate of drug-likeness (QED) is 0.566. The third kappa shape index (κ3) is 2.81. The molecular formula is C10H14N2O2. The van der Waals surface area contributed by atoms with E-state index in [1.807, 2.05) is 6.92 Å². The lowest BCUT2D eigenvalue weighted by atomic mass is 10.2. The molecular weight excluding hydrogens is 180 g/mol. The number of rotatable bonds is 5. The first-order chi connectivity index (χ1) is 6.75. The second-order valence-corrected chi connectivity index (χ2v) is 2.92. The number of carbonyl (C=O) groups excluding carboxylic acids is 1. The lowest BCUT2D eigenvalue weighted by Gasteiger charge is -2.03. The van der Waals surface area contributed by atoms with Crippen molar-refractivity contribution in [1.82, 2.24) is 4.98 Å². The molecule has 0 saturated heterocycles. The van der Waals surface area contributed by atoms with Crippen LogP contribution < -0.4 is 5.73 Å². The van der Waals surface area contributed by atoms with Gasteiger partial charge in [0.1, 0.15) is 12.3 Å². The van der Waals surface area contributed by atoms with E-state index in [0.717, 1.165) is 6.42 Å². The lowest BCUT2D eigenvalue weighted by molar-refractivity contribution is 0.0757. The Morgan fingerprint density at radius 1 is 1.64 bits per heavy atom. The van der Waals surface area contributed by atoms with Crippen LogP contribution in [0.3, 0.4) is 0 Å². The SMILES string of the molecule is CCCOCC(=O)c1ncccc1N. The number of ketones is 1. The number of pyridine rings is 1. The molecule has 0 bridgehead atoms. The summed E-state index contributed by atoms with van der Waals surface area (Å²) in [5.41, 5.74) is 6.28. The zero-order valence-corrected chi connectivity index (χ0v) is 8.19. The van der Waals surface area contributed by atoms with Crippen LogP contribution in [0.2, 0.25) is 0 Å². The van der Waals surface area contributed by atoms with Crippen LogP contribution in [0.15, 0.2) is 18.3 Å². The van der Waals surface area contributed by atoms with Gasteiger partial charge < -0.3 is 10.5 Å². The molecule has 0 aliphatic heterocycles. The molecule has 4 heteroatoms. The van der Waals surface area contributed by atoms with Crippen molar-refractivity contribution in [3.8, 4) is 0 Å². The summed E-state index contributed by atoms with van der Waals surface area (Å²) < 4.78 is 5.11. The van der Waals surface area contributed by atoms with E-state index in [0.29, 0.717) is 18.0 Å². The van der Waals surface area contributed by atoms with Crippen molar-refractivity contribution in [3.05, 3.63) is 24.0 Å². The van der Waals surface area contributed by atoms with E-state index in [4.69, 9.17) is 10.5 Å². The number of nitrogens with zero attached hydrogens (tertiary/aromatic N) is 1. The Labute approximate surface area is 83.1 Å². The molecule has 14 heavy (non-hydrogen) atoms. The van der Waals surface area contributed by atoms with Crippen LogP contribution in [0.1, 0.15) is 23.8 Å². The van der Waals surface area contributed by atoms with E-state index in [1.165, 1.54) is 0 Å². The van der Waals surface area contributed by atoms with Gasteiger partial charge in [0.25, 0.3) is 0 Å². The fraction of sp³-hybridized carbons (Fsp3) is 0.400. The fourth-order valence-electron chi connectivity index (χ4n) is 1.03. The average molecular weight is 194 g/mol. The summed E-state index contributed by atoms with van der Waals surface area (Å²) in [7, 11) is 0. The Balaban J connectivity index is 2.56. The molecule has 0 aliphatic carbocycles. The van der Waals surface area contributed by atoms with Gasteiger partial charge in [0.05, 0.1) is 5.69 Å². The molecule has 1 aromatic heterocycles. The minimum atomic E-state index is -0.170. The molecule has 76 valence electrons. The highest BCUT2D eigenvalue weighted by Gasteiger charge is 2.10. The fourth-order valence-corrected chi connectivity index (χ4v) is 1.03. The Morgan fingerprint density at radius 3 is 3.07 bits per heavy atom. The lowest BCUT2D eigenvalue weighted by Crippen LogP contribution is -2.13. The van der Waals surface area contributed by atoms with Crippen LogP contribution >= 0.6 is 0 Å². The summed E-state index contributed by atoms with van der Waals surface area (Å²) in [5, 5.41) is 0. The number of anilines is 1. The van der Waals surface area contributed by atoms with Gasteiger partial charge in [-0.15, -0.1) is 0 Å². The van der Waals surface area contributed by atoms with Gasteiger partial charge in [0, 0.05) is 12.8 Å². The monoisotopic (exact) mass is 194 g/mol. The summed E-state index contributed by atoms with van der Waals surface area (Å²) in [6, 6.07) is 3.35. The van der Waals surface area contributed by atoms with E-state index in [2.05, 4.69) is 4.98 Å². The van der Waals surface area contributed by atoms with Gasteiger partial charge in [0.15, 0.2) is 0 Å². The topological polar surface area (TPSA) is 65.2 Å². The largest absolute Gasteiger partial charge is 0.397 e. The van der Waals surface area contributed by atoms with Gasteiger partial charge >= 0.3 is 0 Å². The minimum Gasteiger partial charge on any atom is -0.397 e. The van der Waals surface area contributed by atoms with Gasteiger partial charge in [-0.25, -0.2) is 0 Å². The Morgan fingerprint density at radius 2 is 2.43 bits per heavy atom. The number of Topliss-reactive ketones (excluding diaryl/α,β-unsaturated/α-hetero) is 1. The molecule has 1 heterocycles. The van der Waals surface area contributed by atoms with E-state index >= 15 is 0 Å². The maximum atomic E-state index is 11.5. The number of nitrogen functional groups attached to an aromatic ring is 1. The summed E-state index contributed by atoms with van der Waals surface area (Å²) in [4.78, 5) is 15.4. The molecule has 2 N–H and O–H groups in total. The molecule has 0 atom stereocenters. The van der Waals surface area contributed by atoms with Crippen LogP contribution in [0.4, 0.5) is 5.69 Å². The summed E-state index contributed by atoms with van der Waals surface area (Å²) in [6.45, 7) is 2.62. The van der Waals surface area contributed by atoms with Crippen molar-refractivity contribution in [2.45, 2.75) is 13.3 Å². The zero-order valence-electron chi connectivity index (χ0n) is 8.19. The molecule has 4 nitrogen and oxygen atoms in total. The molecule has 1 aromatic rings. The Hall–Kier alpha value is -1.42. The Bertz CT molecular complexity index is 313. The number of hydrogen-bond acceptors (Lipinski definition) is 4. The number of nitrogens with two attached hydrogens (primary N) is 1. The number of ether oxygens (including phenoxy) is 1. The summed E-state index contributed by atoms with van der Waals surface area (Å²) in [5.74, 6) is -0.170. The smallest absolute Gasteiger partial charge is 0.208 e. The van der Waals surface area contributed by atoms with E-state index < -0.39 is 0 Å². The standard InChI is InChI=1S/C10H14N2O2/c1-2-6-14-7-9(13)10-8(11)4-3-5-12-10/h3-5H,2,6-7,11H2,1H3. The molecule has 0 fully saturated rings. The predicted molar refractivity (Wildman–Crippen MR) is 54.1 cm³/mol. The summed E-state index contributed by atoms with van der Waals surface area (Å²) in [6.07, 6.45) is 2.44. The van der Waals surface area contributed by atoms with E-state index in [1.54, 1.807) is 18.3 Å². The van der Waals surface area contributed by atoms with Gasteiger partial charge in [-0.3, -0.25) is 9.78 Å². The number of aromatic nitrogens is 1. The first kappa shape index (κ1) is 10.7. The minimum absolute atomic E-state index is 0.0506. The normalized spacial score (nSPS) is 10.1. The van der Waals surface area contributed by atoms with Crippen molar-refractivity contribution in [3.63, 3.8) is 0 Å². The predicted octanol–water partition coefficient (Wildman–Crippen LogP) is 1.27. The highest BCUT2D eigenvalue weighted by atomic mass is 16.5. The van der Waals surface area contributed by atoms with Crippen molar-refractivity contribution >= 4 is 11.5 Å². The highest BCUT2D eigenvalue weighted by Crippen LogP contribution is 2.07. The second kappa shape index (κ2) is 5.34. The molecule has 0 saturated carbocycles. The van der Waals surface area contributed by atoms with E-state index in [9.17, 15) is 4.79 Å². The molecule has 1 rings (SSSR count). The molecule has 0 aliphatic rings. The van der Waals surface area contributed by atoms with Crippen LogP contribution in [0.5, 0.6) is 0 Å². The van der Waals surface area contributed by atoms with Crippen molar-refractivity contribution in [2.75, 3.05) is 18.9 Å². The van der Waals surface area contributed by atoms with E-state index in [-0.39, 0.29) is 12.4 Å². The first-order valence-electron chi connectivity index (χ1n) is 4.57. The Kier molecular flexibility index (Phi) is 4.07. The van der Waals surface area contributed by atoms with Gasteiger partial charge in [-0.05, 0) is 18.6 Å². The van der Waals surface area contributed by atoms with Crippen molar-refractivity contribution in [1.29, 1.82) is 0 Å². The van der Waals surface area contributed by atoms with Crippen LogP contribution in [-0.4, -0.2) is 24.0 Å². The van der Waals surface area contributed by atoms with Crippen LogP contribution in [0, 0.1) is 0 Å². The third-order valence-electron chi connectivity index (χ3n) is 1.68. The molecule has 0 spiro atoms. The van der Waals surface area contributed by atoms with Gasteiger partial charge in [-0.1, -0.05) is 6.92 Å². The first-order valence-corrected chi connectivity index (χ1v) is 4.57. The van der Waals surface area contributed by atoms with Crippen LogP contribution in [-0.2, 0) is 4.74 Å². The molecule has 0 amide bonds. The number of carbonyl (C=O) groups is 1. The van der Waals surface area contributed by atoms with Gasteiger partial charge in [0.2, 0.25) is 5.78 Å². The van der Waals surface area contributed by atoms with Crippen LogP contribution in [0.25, 0.3) is 0 Å². The third-order valence-corrected chi connectivity index (χ3v) is 1.68. The maximum absolute atomic E-state index is 11.5. The maximum Gasteiger partial charge on any atom is 0.208 e.